The number of piperazine rings is 1. The van der Waals surface area contributed by atoms with Crippen LogP contribution in [0.25, 0.3) is 0 Å². The number of nitrogens with zero attached hydrogens (tertiary/aromatic N) is 3. The Balaban J connectivity index is 0.00000210. The predicted octanol–water partition coefficient (Wildman–Crippen LogP) is 3.37. The summed E-state index contributed by atoms with van der Waals surface area (Å²) in [7, 11) is 0. The average Bonchev–Trinajstić information content (AvgIpc) is 3.10. The first-order valence-corrected chi connectivity index (χ1v) is 8.83. The number of halogens is 2. The molecule has 1 saturated heterocycles. The van der Waals surface area contributed by atoms with Crippen molar-refractivity contribution in [3.05, 3.63) is 83.3 Å². The third-order valence-electron chi connectivity index (χ3n) is 4.64. The Morgan fingerprint density at radius 3 is 2.81 bits per heavy atom. The van der Waals surface area contributed by atoms with Gasteiger partial charge in [0, 0.05) is 25.7 Å². The van der Waals surface area contributed by atoms with Crippen molar-refractivity contribution in [2.45, 2.75) is 19.0 Å². The first-order chi connectivity index (χ1) is 12.8. The fourth-order valence-electron chi connectivity index (χ4n) is 3.36. The maximum atomic E-state index is 13.6. The molecule has 4 rings (SSSR count). The van der Waals surface area contributed by atoms with Crippen LogP contribution in [0.1, 0.15) is 28.9 Å². The molecule has 0 radical (unpaired) electrons. The van der Waals surface area contributed by atoms with Gasteiger partial charge < -0.3 is 9.84 Å². The Hall–Kier alpha value is -2.28. The zero-order valence-corrected chi connectivity index (χ0v) is 15.7. The van der Waals surface area contributed by atoms with Gasteiger partial charge in [-0.25, -0.2) is 4.39 Å². The van der Waals surface area contributed by atoms with E-state index in [1.54, 1.807) is 12.1 Å². The Labute approximate surface area is 164 Å². The normalized spacial score (nSPS) is 17.4. The molecule has 2 heterocycles. The minimum Gasteiger partial charge on any atom is -0.339 e. The van der Waals surface area contributed by atoms with Crippen molar-refractivity contribution >= 4 is 12.4 Å². The molecule has 1 N–H and O–H groups in total. The maximum Gasteiger partial charge on any atom is 0.231 e. The summed E-state index contributed by atoms with van der Waals surface area (Å²) >= 11 is 0. The highest BCUT2D eigenvalue weighted by Crippen LogP contribution is 2.24. The summed E-state index contributed by atoms with van der Waals surface area (Å²) in [5.41, 5.74) is 2.10. The monoisotopic (exact) mass is 388 g/mol. The molecule has 5 nitrogen and oxygen atoms in total. The minimum absolute atomic E-state index is 0. The highest BCUT2D eigenvalue weighted by atomic mass is 35.5. The second-order valence-corrected chi connectivity index (χ2v) is 6.51. The second-order valence-electron chi connectivity index (χ2n) is 6.51. The van der Waals surface area contributed by atoms with Crippen LogP contribution in [0.4, 0.5) is 4.39 Å². The maximum absolute atomic E-state index is 13.6. The van der Waals surface area contributed by atoms with Crippen molar-refractivity contribution in [3.8, 4) is 0 Å². The van der Waals surface area contributed by atoms with E-state index in [9.17, 15) is 4.39 Å². The molecule has 0 amide bonds. The number of aromatic nitrogens is 2. The van der Waals surface area contributed by atoms with Crippen LogP contribution in [0.15, 0.2) is 59.1 Å². The van der Waals surface area contributed by atoms with Crippen LogP contribution in [0, 0.1) is 5.82 Å². The molecular weight excluding hydrogens is 367 g/mol. The van der Waals surface area contributed by atoms with Crippen molar-refractivity contribution < 1.29 is 8.91 Å². The molecule has 1 atom stereocenters. The van der Waals surface area contributed by atoms with E-state index in [-0.39, 0.29) is 24.3 Å². The van der Waals surface area contributed by atoms with Gasteiger partial charge in [0.2, 0.25) is 5.89 Å². The Morgan fingerprint density at radius 1 is 1.15 bits per heavy atom. The number of hydrogen-bond donors (Lipinski definition) is 1. The van der Waals surface area contributed by atoms with Gasteiger partial charge >= 0.3 is 0 Å². The lowest BCUT2D eigenvalue weighted by Crippen LogP contribution is -2.45. The fourth-order valence-corrected chi connectivity index (χ4v) is 3.36. The molecule has 1 aromatic heterocycles. The number of hydrogen-bond acceptors (Lipinski definition) is 5. The first kappa shape index (κ1) is 19.5. The van der Waals surface area contributed by atoms with E-state index in [4.69, 9.17) is 4.52 Å². The van der Waals surface area contributed by atoms with E-state index in [0.29, 0.717) is 24.7 Å². The predicted molar refractivity (Wildman–Crippen MR) is 103 cm³/mol. The standard InChI is InChI=1S/C20H21FN4O.ClH/c21-17-8-4-7-16(12-17)18-13-22-9-10-25(18)14-19-23-20(26-24-19)11-15-5-2-1-3-6-15;/h1-8,12,18,22H,9-11,13-14H2;1H. The lowest BCUT2D eigenvalue weighted by Gasteiger charge is -2.35. The van der Waals surface area contributed by atoms with Crippen molar-refractivity contribution in [2.24, 2.45) is 0 Å². The van der Waals surface area contributed by atoms with Crippen LogP contribution in [-0.2, 0) is 13.0 Å². The van der Waals surface area contributed by atoms with Crippen molar-refractivity contribution in [1.29, 1.82) is 0 Å². The lowest BCUT2D eigenvalue weighted by atomic mass is 10.0. The first-order valence-electron chi connectivity index (χ1n) is 8.83. The second kappa shape index (κ2) is 9.08. The van der Waals surface area contributed by atoms with Gasteiger partial charge in [-0.3, -0.25) is 4.90 Å². The molecule has 27 heavy (non-hydrogen) atoms. The van der Waals surface area contributed by atoms with Gasteiger partial charge in [0.05, 0.1) is 13.0 Å². The average molecular weight is 389 g/mol. The quantitative estimate of drug-likeness (QED) is 0.726. The van der Waals surface area contributed by atoms with E-state index in [2.05, 4.69) is 20.4 Å². The van der Waals surface area contributed by atoms with Crippen LogP contribution in [0.2, 0.25) is 0 Å². The zero-order chi connectivity index (χ0) is 17.8. The molecule has 142 valence electrons. The Bertz CT molecular complexity index is 858. The number of nitrogens with one attached hydrogen (secondary N) is 1. The summed E-state index contributed by atoms with van der Waals surface area (Å²) in [5, 5.41) is 7.51. The highest BCUT2D eigenvalue weighted by Gasteiger charge is 2.25. The lowest BCUT2D eigenvalue weighted by molar-refractivity contribution is 0.148. The molecule has 0 bridgehead atoms. The van der Waals surface area contributed by atoms with E-state index in [1.165, 1.54) is 6.07 Å². The van der Waals surface area contributed by atoms with E-state index in [0.717, 1.165) is 30.8 Å². The molecule has 0 saturated carbocycles. The molecular formula is C20H22ClFN4O. The zero-order valence-electron chi connectivity index (χ0n) is 14.8. The van der Waals surface area contributed by atoms with Gasteiger partial charge in [-0.15, -0.1) is 12.4 Å². The highest BCUT2D eigenvalue weighted by molar-refractivity contribution is 5.85. The summed E-state index contributed by atoms with van der Waals surface area (Å²) in [6.07, 6.45) is 0.628. The molecule has 1 fully saturated rings. The SMILES string of the molecule is Cl.Fc1cccc(C2CNCCN2Cc2noc(Cc3ccccc3)n2)c1. The summed E-state index contributed by atoms with van der Waals surface area (Å²) in [5.74, 6) is 1.07. The topological polar surface area (TPSA) is 54.2 Å². The van der Waals surface area contributed by atoms with Crippen LogP contribution >= 0.6 is 12.4 Å². The van der Waals surface area contributed by atoms with E-state index >= 15 is 0 Å². The third-order valence-corrected chi connectivity index (χ3v) is 4.64. The van der Waals surface area contributed by atoms with Gasteiger partial charge in [-0.1, -0.05) is 47.6 Å². The summed E-state index contributed by atoms with van der Waals surface area (Å²) < 4.78 is 19.0. The Kier molecular flexibility index (Phi) is 6.55. The third kappa shape index (κ3) is 4.91. The number of rotatable bonds is 5. The smallest absolute Gasteiger partial charge is 0.231 e. The summed E-state index contributed by atoms with van der Waals surface area (Å²) in [4.78, 5) is 6.80. The molecule has 0 aliphatic carbocycles. The fraction of sp³-hybridized carbons (Fsp3) is 0.300. The van der Waals surface area contributed by atoms with Crippen LogP contribution in [-0.4, -0.2) is 34.7 Å². The van der Waals surface area contributed by atoms with Crippen LogP contribution < -0.4 is 5.32 Å². The van der Waals surface area contributed by atoms with Gasteiger partial charge in [-0.05, 0) is 23.3 Å². The molecule has 1 aliphatic rings. The molecule has 7 heteroatoms. The molecule has 0 spiro atoms. The largest absolute Gasteiger partial charge is 0.339 e. The number of benzene rings is 2. The summed E-state index contributed by atoms with van der Waals surface area (Å²) in [6.45, 7) is 3.10. The molecule has 2 aromatic carbocycles. The van der Waals surface area contributed by atoms with Crippen molar-refractivity contribution in [1.82, 2.24) is 20.4 Å². The molecule has 1 unspecified atom stereocenters. The molecule has 1 aliphatic heterocycles. The van der Waals surface area contributed by atoms with E-state index < -0.39 is 0 Å². The van der Waals surface area contributed by atoms with Gasteiger partial charge in [-0.2, -0.15) is 4.98 Å². The summed E-state index contributed by atoms with van der Waals surface area (Å²) in [6, 6.07) is 16.9. The van der Waals surface area contributed by atoms with Crippen molar-refractivity contribution in [2.75, 3.05) is 19.6 Å². The van der Waals surface area contributed by atoms with Gasteiger partial charge in [0.25, 0.3) is 0 Å². The van der Waals surface area contributed by atoms with Gasteiger partial charge in [0.15, 0.2) is 5.82 Å². The van der Waals surface area contributed by atoms with Crippen LogP contribution in [0.5, 0.6) is 0 Å². The van der Waals surface area contributed by atoms with Crippen LogP contribution in [0.3, 0.4) is 0 Å². The minimum atomic E-state index is -0.210. The van der Waals surface area contributed by atoms with Gasteiger partial charge in [0.1, 0.15) is 5.82 Å². The van der Waals surface area contributed by atoms with E-state index in [1.807, 2.05) is 36.4 Å². The Morgan fingerprint density at radius 2 is 2.00 bits per heavy atom. The van der Waals surface area contributed by atoms with Crippen molar-refractivity contribution in [3.63, 3.8) is 0 Å². The molecule has 3 aromatic rings.